The van der Waals surface area contributed by atoms with Crippen molar-refractivity contribution in [1.82, 2.24) is 0 Å². The van der Waals surface area contributed by atoms with Gasteiger partial charge < -0.3 is 15.3 Å². The zero-order chi connectivity index (χ0) is 13.2. The van der Waals surface area contributed by atoms with Gasteiger partial charge >= 0.3 is 17.9 Å². The molecule has 17 heavy (non-hydrogen) atoms. The number of rotatable bonds is 4. The van der Waals surface area contributed by atoms with E-state index in [1.807, 2.05) is 0 Å². The van der Waals surface area contributed by atoms with E-state index in [4.69, 9.17) is 26.9 Å². The second-order valence-corrected chi connectivity index (χ2v) is 3.58. The van der Waals surface area contributed by atoms with Crippen LogP contribution in [0.1, 0.15) is 21.8 Å². The summed E-state index contributed by atoms with van der Waals surface area (Å²) in [5, 5.41) is 26.5. The Kier molecular flexibility index (Phi) is 3.69. The average molecular weight is 259 g/mol. The minimum Gasteiger partial charge on any atom is -0.480 e. The topological polar surface area (TPSA) is 112 Å². The fourth-order valence-corrected chi connectivity index (χ4v) is 1.52. The lowest BCUT2D eigenvalue weighted by molar-refractivity contribution is -0.150. The molecule has 0 aliphatic rings. The van der Waals surface area contributed by atoms with E-state index < -0.39 is 29.4 Å². The van der Waals surface area contributed by atoms with Crippen LogP contribution >= 0.6 is 11.6 Å². The van der Waals surface area contributed by atoms with Crippen molar-refractivity contribution in [3.8, 4) is 0 Å². The Balaban J connectivity index is 3.45. The van der Waals surface area contributed by atoms with Gasteiger partial charge in [0, 0.05) is 5.02 Å². The molecule has 0 fully saturated rings. The van der Waals surface area contributed by atoms with Crippen LogP contribution in [0.25, 0.3) is 0 Å². The third-order valence-corrected chi connectivity index (χ3v) is 2.28. The molecule has 0 atom stereocenters. The van der Waals surface area contributed by atoms with Crippen LogP contribution in [0.15, 0.2) is 18.2 Å². The number of halogens is 1. The molecule has 0 saturated heterocycles. The van der Waals surface area contributed by atoms with Gasteiger partial charge in [0.25, 0.3) is 0 Å². The normalized spacial score (nSPS) is 10.2. The number of aromatic carboxylic acids is 1. The Labute approximate surface area is 100 Å². The highest BCUT2D eigenvalue weighted by atomic mass is 35.5. The predicted octanol–water partition coefficient (Wildman–Crippen LogP) is 1.29. The van der Waals surface area contributed by atoms with Crippen LogP contribution in [0.5, 0.6) is 0 Å². The fourth-order valence-electron chi connectivity index (χ4n) is 1.34. The summed E-state index contributed by atoms with van der Waals surface area (Å²) in [6.45, 7) is 0. The van der Waals surface area contributed by atoms with Crippen molar-refractivity contribution in [3.05, 3.63) is 34.3 Å². The van der Waals surface area contributed by atoms with Crippen molar-refractivity contribution >= 4 is 29.5 Å². The SMILES string of the molecule is O=C(O)c1ccc(Cl)cc1C(C(=O)O)C(=O)O. The van der Waals surface area contributed by atoms with Crippen LogP contribution in [0, 0.1) is 0 Å². The first-order valence-corrected chi connectivity index (χ1v) is 4.70. The van der Waals surface area contributed by atoms with Crippen LogP contribution in [-0.4, -0.2) is 33.2 Å². The molecule has 0 spiro atoms. The molecule has 1 aromatic carbocycles. The maximum atomic E-state index is 10.9. The number of hydrogen-bond donors (Lipinski definition) is 3. The molecule has 3 N–H and O–H groups in total. The van der Waals surface area contributed by atoms with Gasteiger partial charge in [-0.1, -0.05) is 11.6 Å². The summed E-state index contributed by atoms with van der Waals surface area (Å²) < 4.78 is 0. The summed E-state index contributed by atoms with van der Waals surface area (Å²) in [5.41, 5.74) is -0.755. The van der Waals surface area contributed by atoms with Crippen molar-refractivity contribution in [3.63, 3.8) is 0 Å². The third-order valence-electron chi connectivity index (χ3n) is 2.05. The summed E-state index contributed by atoms with van der Waals surface area (Å²) >= 11 is 5.60. The van der Waals surface area contributed by atoms with E-state index in [0.29, 0.717) is 0 Å². The highest BCUT2D eigenvalue weighted by Crippen LogP contribution is 2.25. The van der Waals surface area contributed by atoms with E-state index in [1.165, 1.54) is 6.07 Å². The standard InChI is InChI=1S/C10H7ClO6/c11-4-1-2-5(8(12)13)6(3-4)7(9(14)15)10(16)17/h1-3,7H,(H,12,13)(H,14,15)(H,16,17). The molecule has 6 nitrogen and oxygen atoms in total. The van der Waals surface area contributed by atoms with Gasteiger partial charge in [0.1, 0.15) is 0 Å². The molecule has 0 amide bonds. The van der Waals surface area contributed by atoms with Crippen LogP contribution in [0.3, 0.4) is 0 Å². The quantitative estimate of drug-likeness (QED) is 0.702. The van der Waals surface area contributed by atoms with Gasteiger partial charge in [-0.05, 0) is 23.8 Å². The molecular weight excluding hydrogens is 252 g/mol. The van der Waals surface area contributed by atoms with Gasteiger partial charge in [-0.3, -0.25) is 9.59 Å². The third kappa shape index (κ3) is 2.73. The lowest BCUT2D eigenvalue weighted by Gasteiger charge is -2.11. The summed E-state index contributed by atoms with van der Waals surface area (Å²) in [5.74, 6) is -6.67. The fraction of sp³-hybridized carbons (Fsp3) is 0.100. The molecule has 0 saturated carbocycles. The minimum atomic E-state index is -1.96. The first-order chi connectivity index (χ1) is 7.84. The van der Waals surface area contributed by atoms with Crippen molar-refractivity contribution < 1.29 is 29.7 Å². The zero-order valence-corrected chi connectivity index (χ0v) is 9.01. The van der Waals surface area contributed by atoms with Gasteiger partial charge in [-0.2, -0.15) is 0 Å². The van der Waals surface area contributed by atoms with Crippen LogP contribution in [0.4, 0.5) is 0 Å². The van der Waals surface area contributed by atoms with Gasteiger partial charge in [-0.15, -0.1) is 0 Å². The van der Waals surface area contributed by atoms with E-state index in [-0.39, 0.29) is 10.6 Å². The van der Waals surface area contributed by atoms with Gasteiger partial charge in [0.15, 0.2) is 5.92 Å². The van der Waals surface area contributed by atoms with Gasteiger partial charge in [-0.25, -0.2) is 4.79 Å². The Bertz CT molecular complexity index is 482. The van der Waals surface area contributed by atoms with Gasteiger partial charge in [0.05, 0.1) is 5.56 Å². The first-order valence-electron chi connectivity index (χ1n) is 4.33. The average Bonchev–Trinajstić information content (AvgIpc) is 2.15. The lowest BCUT2D eigenvalue weighted by Crippen LogP contribution is -2.23. The van der Waals surface area contributed by atoms with E-state index in [1.54, 1.807) is 0 Å². The summed E-state index contributed by atoms with van der Waals surface area (Å²) in [6, 6.07) is 3.34. The maximum Gasteiger partial charge on any atom is 0.336 e. The van der Waals surface area contributed by atoms with Crippen LogP contribution < -0.4 is 0 Å². The molecule has 0 heterocycles. The summed E-state index contributed by atoms with van der Waals surface area (Å²) in [6.07, 6.45) is 0. The van der Waals surface area contributed by atoms with Crippen molar-refractivity contribution in [1.29, 1.82) is 0 Å². The molecule has 7 heteroatoms. The highest BCUT2D eigenvalue weighted by Gasteiger charge is 2.31. The summed E-state index contributed by atoms with van der Waals surface area (Å²) in [7, 11) is 0. The molecule has 1 aromatic rings. The number of benzene rings is 1. The maximum absolute atomic E-state index is 10.9. The molecule has 0 aromatic heterocycles. The Morgan fingerprint density at radius 3 is 2.00 bits per heavy atom. The monoisotopic (exact) mass is 258 g/mol. The van der Waals surface area contributed by atoms with E-state index in [9.17, 15) is 14.4 Å². The summed E-state index contributed by atoms with van der Waals surface area (Å²) in [4.78, 5) is 32.5. The first kappa shape index (κ1) is 13.0. The molecule has 0 radical (unpaired) electrons. The predicted molar refractivity (Wildman–Crippen MR) is 56.4 cm³/mol. The largest absolute Gasteiger partial charge is 0.480 e. The van der Waals surface area contributed by atoms with E-state index in [2.05, 4.69) is 0 Å². The molecule has 90 valence electrons. The molecule has 0 aliphatic carbocycles. The Morgan fingerprint density at radius 1 is 1.06 bits per heavy atom. The van der Waals surface area contributed by atoms with Crippen molar-refractivity contribution in [2.75, 3.05) is 0 Å². The molecule has 0 aliphatic heterocycles. The minimum absolute atomic E-state index is 0.0671. The highest BCUT2D eigenvalue weighted by molar-refractivity contribution is 6.30. The van der Waals surface area contributed by atoms with Gasteiger partial charge in [0.2, 0.25) is 0 Å². The smallest absolute Gasteiger partial charge is 0.336 e. The lowest BCUT2D eigenvalue weighted by atomic mass is 9.94. The molecule has 0 bridgehead atoms. The second-order valence-electron chi connectivity index (χ2n) is 3.15. The Morgan fingerprint density at radius 2 is 1.59 bits per heavy atom. The van der Waals surface area contributed by atoms with E-state index in [0.717, 1.165) is 12.1 Å². The van der Waals surface area contributed by atoms with Crippen molar-refractivity contribution in [2.45, 2.75) is 5.92 Å². The number of carboxylic acid groups (broad SMARTS) is 3. The zero-order valence-electron chi connectivity index (χ0n) is 8.25. The number of aliphatic carboxylic acids is 2. The number of carboxylic acids is 3. The Hall–Kier alpha value is -2.08. The number of hydrogen-bond acceptors (Lipinski definition) is 3. The number of carbonyl (C=O) groups is 3. The molecular formula is C10H7ClO6. The van der Waals surface area contributed by atoms with Crippen LogP contribution in [0.2, 0.25) is 5.02 Å². The van der Waals surface area contributed by atoms with Crippen LogP contribution in [-0.2, 0) is 9.59 Å². The molecule has 1 rings (SSSR count). The van der Waals surface area contributed by atoms with Crippen molar-refractivity contribution in [2.24, 2.45) is 0 Å². The second kappa shape index (κ2) is 4.84. The van der Waals surface area contributed by atoms with E-state index >= 15 is 0 Å². The molecule has 0 unspecified atom stereocenters.